The molecule has 1 aromatic carbocycles. The van der Waals surface area contributed by atoms with Gasteiger partial charge < -0.3 is 15.8 Å². The molecule has 1 heterocycles. The van der Waals surface area contributed by atoms with E-state index < -0.39 is 11.7 Å². The first-order chi connectivity index (χ1) is 8.68. The molecule has 0 aromatic heterocycles. The summed E-state index contributed by atoms with van der Waals surface area (Å²) in [5, 5.41) is 3.26. The number of piperidine rings is 1. The van der Waals surface area contributed by atoms with Crippen LogP contribution < -0.4 is 15.8 Å². The van der Waals surface area contributed by atoms with E-state index in [2.05, 4.69) is 5.32 Å². The van der Waals surface area contributed by atoms with Crippen molar-refractivity contribution in [1.82, 2.24) is 5.32 Å². The molecular formula is C13H17FN2O2. The minimum absolute atomic E-state index is 0.161. The lowest BCUT2D eigenvalue weighted by atomic mass is 9.99. The number of rotatable bonds is 4. The Kier molecular flexibility index (Phi) is 4.15. The van der Waals surface area contributed by atoms with Crippen LogP contribution >= 0.6 is 0 Å². The molecule has 5 heteroatoms. The van der Waals surface area contributed by atoms with Crippen LogP contribution in [-0.4, -0.2) is 25.6 Å². The lowest BCUT2D eigenvalue weighted by Crippen LogP contribution is -2.30. The van der Waals surface area contributed by atoms with Gasteiger partial charge in [-0.2, -0.15) is 0 Å². The molecule has 1 amide bonds. The summed E-state index contributed by atoms with van der Waals surface area (Å²) in [6, 6.07) is 4.29. The van der Waals surface area contributed by atoms with E-state index in [0.29, 0.717) is 12.5 Å². The lowest BCUT2D eigenvalue weighted by Gasteiger charge is -2.23. The van der Waals surface area contributed by atoms with Gasteiger partial charge in [0, 0.05) is 0 Å². The zero-order chi connectivity index (χ0) is 13.0. The van der Waals surface area contributed by atoms with E-state index in [-0.39, 0.29) is 11.3 Å². The largest absolute Gasteiger partial charge is 0.492 e. The third-order valence-corrected chi connectivity index (χ3v) is 3.16. The zero-order valence-electron chi connectivity index (χ0n) is 10.1. The smallest absolute Gasteiger partial charge is 0.255 e. The minimum Gasteiger partial charge on any atom is -0.492 e. The Balaban J connectivity index is 2.04. The van der Waals surface area contributed by atoms with Crippen LogP contribution in [0.15, 0.2) is 18.2 Å². The van der Waals surface area contributed by atoms with Gasteiger partial charge in [-0.25, -0.2) is 4.39 Å². The SMILES string of the molecule is NC(=O)c1c(F)cccc1OCC1CCNCC1. The molecule has 0 spiro atoms. The monoisotopic (exact) mass is 252 g/mol. The van der Waals surface area contributed by atoms with E-state index in [1.165, 1.54) is 12.1 Å². The molecule has 18 heavy (non-hydrogen) atoms. The van der Waals surface area contributed by atoms with Crippen LogP contribution in [0.4, 0.5) is 4.39 Å². The molecule has 1 aliphatic rings. The van der Waals surface area contributed by atoms with Crippen LogP contribution in [0.1, 0.15) is 23.2 Å². The lowest BCUT2D eigenvalue weighted by molar-refractivity contribution is 0.0990. The average molecular weight is 252 g/mol. The summed E-state index contributed by atoms with van der Waals surface area (Å²) in [6.45, 7) is 2.44. The van der Waals surface area contributed by atoms with Crippen molar-refractivity contribution in [2.45, 2.75) is 12.8 Å². The predicted octanol–water partition coefficient (Wildman–Crippen LogP) is 1.30. The third kappa shape index (κ3) is 2.98. The Morgan fingerprint density at radius 3 is 2.83 bits per heavy atom. The summed E-state index contributed by atoms with van der Waals surface area (Å²) in [7, 11) is 0. The Morgan fingerprint density at radius 2 is 2.17 bits per heavy atom. The molecule has 3 N–H and O–H groups in total. The molecule has 2 rings (SSSR count). The highest BCUT2D eigenvalue weighted by atomic mass is 19.1. The first-order valence-corrected chi connectivity index (χ1v) is 6.10. The van der Waals surface area contributed by atoms with Crippen molar-refractivity contribution in [3.05, 3.63) is 29.6 Å². The molecule has 0 atom stereocenters. The highest BCUT2D eigenvalue weighted by Crippen LogP contribution is 2.22. The minimum atomic E-state index is -0.798. The molecule has 0 saturated carbocycles. The quantitative estimate of drug-likeness (QED) is 0.849. The van der Waals surface area contributed by atoms with Gasteiger partial charge in [-0.05, 0) is 44.0 Å². The molecule has 98 valence electrons. The van der Waals surface area contributed by atoms with E-state index in [1.54, 1.807) is 6.07 Å². The number of ether oxygens (including phenoxy) is 1. The molecule has 0 bridgehead atoms. The Morgan fingerprint density at radius 1 is 1.44 bits per heavy atom. The molecule has 1 aromatic rings. The molecular weight excluding hydrogens is 235 g/mol. The second-order valence-corrected chi connectivity index (χ2v) is 4.48. The number of amides is 1. The number of halogens is 1. The summed E-state index contributed by atoms with van der Waals surface area (Å²) in [4.78, 5) is 11.2. The highest BCUT2D eigenvalue weighted by molar-refractivity contribution is 5.95. The number of primary amides is 1. The summed E-state index contributed by atoms with van der Waals surface area (Å²) in [5.41, 5.74) is 4.99. The molecule has 4 nitrogen and oxygen atoms in total. The van der Waals surface area contributed by atoms with Crippen molar-refractivity contribution in [3.63, 3.8) is 0 Å². The standard InChI is InChI=1S/C13H17FN2O2/c14-10-2-1-3-11(12(10)13(15)17)18-8-9-4-6-16-7-5-9/h1-3,9,16H,4-8H2,(H2,15,17). The second-order valence-electron chi connectivity index (χ2n) is 4.48. The Hall–Kier alpha value is -1.62. The normalized spacial score (nSPS) is 16.5. The van der Waals surface area contributed by atoms with Crippen molar-refractivity contribution in [2.24, 2.45) is 11.7 Å². The van der Waals surface area contributed by atoms with Gasteiger partial charge in [0.1, 0.15) is 17.1 Å². The van der Waals surface area contributed by atoms with Gasteiger partial charge >= 0.3 is 0 Å². The van der Waals surface area contributed by atoms with Crippen LogP contribution in [0.3, 0.4) is 0 Å². The van der Waals surface area contributed by atoms with Gasteiger partial charge in [0.2, 0.25) is 0 Å². The van der Waals surface area contributed by atoms with E-state index in [0.717, 1.165) is 25.9 Å². The fourth-order valence-corrected chi connectivity index (χ4v) is 2.12. The molecule has 0 aliphatic carbocycles. The summed E-state index contributed by atoms with van der Waals surface area (Å²) in [6.07, 6.45) is 2.06. The number of carbonyl (C=O) groups excluding carboxylic acids is 1. The predicted molar refractivity (Wildman–Crippen MR) is 66.0 cm³/mol. The summed E-state index contributed by atoms with van der Waals surface area (Å²) >= 11 is 0. The maximum atomic E-state index is 13.5. The van der Waals surface area contributed by atoms with Crippen molar-refractivity contribution in [2.75, 3.05) is 19.7 Å². The molecule has 1 saturated heterocycles. The maximum Gasteiger partial charge on any atom is 0.255 e. The number of nitrogens with two attached hydrogens (primary N) is 1. The Labute approximate surface area is 105 Å². The van der Waals surface area contributed by atoms with E-state index in [9.17, 15) is 9.18 Å². The number of hydrogen-bond acceptors (Lipinski definition) is 3. The number of carbonyl (C=O) groups is 1. The second kappa shape index (κ2) is 5.82. The Bertz CT molecular complexity index is 431. The van der Waals surface area contributed by atoms with Crippen molar-refractivity contribution in [1.29, 1.82) is 0 Å². The van der Waals surface area contributed by atoms with Crippen LogP contribution in [-0.2, 0) is 0 Å². The number of benzene rings is 1. The van der Waals surface area contributed by atoms with Gasteiger partial charge in [0.25, 0.3) is 5.91 Å². The van der Waals surface area contributed by atoms with Gasteiger partial charge in [0.15, 0.2) is 0 Å². The number of nitrogens with one attached hydrogen (secondary N) is 1. The fourth-order valence-electron chi connectivity index (χ4n) is 2.12. The topological polar surface area (TPSA) is 64.4 Å². The van der Waals surface area contributed by atoms with Gasteiger partial charge in [-0.15, -0.1) is 0 Å². The van der Waals surface area contributed by atoms with E-state index in [1.807, 2.05) is 0 Å². The zero-order valence-corrected chi connectivity index (χ0v) is 10.1. The molecule has 1 fully saturated rings. The van der Waals surface area contributed by atoms with E-state index in [4.69, 9.17) is 10.5 Å². The number of hydrogen-bond donors (Lipinski definition) is 2. The van der Waals surface area contributed by atoms with Crippen molar-refractivity contribution in [3.8, 4) is 5.75 Å². The first kappa shape index (κ1) is 12.8. The van der Waals surface area contributed by atoms with Crippen LogP contribution in [0.2, 0.25) is 0 Å². The first-order valence-electron chi connectivity index (χ1n) is 6.10. The van der Waals surface area contributed by atoms with Gasteiger partial charge in [0.05, 0.1) is 6.61 Å². The molecule has 1 aliphatic heterocycles. The van der Waals surface area contributed by atoms with Crippen molar-refractivity contribution >= 4 is 5.91 Å². The van der Waals surface area contributed by atoms with Crippen molar-refractivity contribution < 1.29 is 13.9 Å². The summed E-state index contributed by atoms with van der Waals surface area (Å²) < 4.78 is 19.0. The van der Waals surface area contributed by atoms with Gasteiger partial charge in [-0.3, -0.25) is 4.79 Å². The van der Waals surface area contributed by atoms with Crippen LogP contribution in [0.25, 0.3) is 0 Å². The third-order valence-electron chi connectivity index (χ3n) is 3.16. The average Bonchev–Trinajstić information content (AvgIpc) is 2.37. The summed E-state index contributed by atoms with van der Waals surface area (Å²) in [5.74, 6) is -0.755. The van der Waals surface area contributed by atoms with E-state index >= 15 is 0 Å². The fraction of sp³-hybridized carbons (Fsp3) is 0.462. The molecule has 0 unspecified atom stereocenters. The molecule has 0 radical (unpaired) electrons. The highest BCUT2D eigenvalue weighted by Gasteiger charge is 2.18. The van der Waals surface area contributed by atoms with Crippen LogP contribution in [0, 0.1) is 11.7 Å². The maximum absolute atomic E-state index is 13.5. The van der Waals surface area contributed by atoms with Crippen LogP contribution in [0.5, 0.6) is 5.75 Å². The van der Waals surface area contributed by atoms with Gasteiger partial charge in [-0.1, -0.05) is 6.07 Å².